The third kappa shape index (κ3) is 48.0. The van der Waals surface area contributed by atoms with Gasteiger partial charge in [0.25, 0.3) is 0 Å². The molecule has 4 heteroatoms. The minimum absolute atomic E-state index is 0. The maximum atomic E-state index is 8.70. The maximum absolute atomic E-state index is 8.70. The smallest absolute Gasteiger partial charge is 0.154 e. The third-order valence-electron chi connectivity index (χ3n) is 0.0745. The molecule has 0 aliphatic carbocycles. The van der Waals surface area contributed by atoms with Crippen molar-refractivity contribution in [1.82, 2.24) is 6.15 Å². The summed E-state index contributed by atoms with van der Waals surface area (Å²) in [5, 5.41) is 1.99. The highest BCUT2D eigenvalue weighted by molar-refractivity contribution is 3.90. The molecule has 0 spiro atoms. The topological polar surface area (TPSA) is 73.7 Å². The molecule has 0 atom stereocenters. The average Bonchev–Trinajstić information content (AvgIpc) is 1.37. The van der Waals surface area contributed by atoms with Gasteiger partial charge in [-0.25, -0.2) is 0 Å². The molecule has 3 N–H and O–H groups in total. The first kappa shape index (κ1) is 8.84. The van der Waals surface area contributed by atoms with E-state index in [9.17, 15) is 0 Å². The van der Waals surface area contributed by atoms with Crippen LogP contribution in [0.1, 0.15) is 0 Å². The summed E-state index contributed by atoms with van der Waals surface area (Å²) in [4.78, 5) is 12.3. The summed E-state index contributed by atoms with van der Waals surface area (Å²) in [5.74, 6) is 0. The quantitative estimate of drug-likeness (QED) is 0.366. The molecular weight excluding hydrogens is 72.0 g/mol. The van der Waals surface area contributed by atoms with Crippen LogP contribution in [-0.2, 0) is 4.84 Å². The van der Waals surface area contributed by atoms with E-state index in [0.29, 0.717) is 0 Å². The summed E-state index contributed by atoms with van der Waals surface area (Å²) in [6.45, 7) is 0. The molecule has 0 aromatic rings. The van der Waals surface area contributed by atoms with E-state index >= 15 is 0 Å². The molecule has 0 aliphatic heterocycles. The summed E-state index contributed by atoms with van der Waals surface area (Å²) in [5.41, 5.74) is 0. The third-order valence-corrected chi connectivity index (χ3v) is 0.0745. The molecule has 0 aliphatic rings. The monoisotopic (exact) mass is 78.0 g/mol. The first-order chi connectivity index (χ1) is 1.91. The van der Waals surface area contributed by atoms with E-state index in [2.05, 4.69) is 4.84 Å². The van der Waals surface area contributed by atoms with Gasteiger partial charge in [0, 0.05) is 0 Å². The Morgan fingerprint density at radius 2 is 2.00 bits per heavy atom. The number of hydrogen-bond acceptors (Lipinski definition) is 4. The first-order valence-corrected chi connectivity index (χ1v) is 0.773. The van der Waals surface area contributed by atoms with Crippen LogP contribution in [0, 0.1) is 4.91 Å². The normalized spacial score (nSPS) is 4.20. The van der Waals surface area contributed by atoms with Crippen LogP contribution >= 0.6 is 0 Å². The lowest BCUT2D eigenvalue weighted by atomic mass is 11.7. The fraction of sp³-hybridized carbons (Fsp3) is 1.00. The van der Waals surface area contributed by atoms with Gasteiger partial charge in [0.2, 0.25) is 0 Å². The summed E-state index contributed by atoms with van der Waals surface area (Å²) in [6, 6.07) is 0. The van der Waals surface area contributed by atoms with Gasteiger partial charge < -0.3 is 11.0 Å². The van der Waals surface area contributed by atoms with Crippen LogP contribution in [0.5, 0.6) is 0 Å². The van der Waals surface area contributed by atoms with Crippen LogP contribution in [0.4, 0.5) is 0 Å². The number of rotatable bonds is 1. The molecule has 0 bridgehead atoms. The second kappa shape index (κ2) is 10.1. The van der Waals surface area contributed by atoms with E-state index in [4.69, 9.17) is 4.91 Å². The Labute approximate surface area is 29.6 Å². The van der Waals surface area contributed by atoms with E-state index in [1.165, 1.54) is 7.11 Å². The van der Waals surface area contributed by atoms with Crippen LogP contribution in [-0.4, -0.2) is 7.11 Å². The molecular formula is CH6N2O2. The van der Waals surface area contributed by atoms with Crippen molar-refractivity contribution < 1.29 is 4.84 Å². The Hall–Kier alpha value is -0.640. The van der Waals surface area contributed by atoms with E-state index in [1.807, 2.05) is 5.34 Å². The van der Waals surface area contributed by atoms with Crippen LogP contribution in [0.15, 0.2) is 5.34 Å². The molecule has 32 valence electrons. The van der Waals surface area contributed by atoms with Crippen LogP contribution < -0.4 is 6.15 Å². The Kier molecular flexibility index (Phi) is 17.9. The number of hydrogen-bond donors (Lipinski definition) is 1. The Morgan fingerprint density at radius 1 is 1.80 bits per heavy atom. The molecule has 0 amide bonds. The Balaban J connectivity index is 0. The van der Waals surface area contributed by atoms with Crippen molar-refractivity contribution in [2.75, 3.05) is 7.11 Å². The minimum atomic E-state index is 0. The lowest BCUT2D eigenvalue weighted by Crippen LogP contribution is -1.53. The SMILES string of the molecule is CON=O.N. The van der Waals surface area contributed by atoms with Crippen molar-refractivity contribution in [1.29, 1.82) is 0 Å². The van der Waals surface area contributed by atoms with E-state index in [-0.39, 0.29) is 6.15 Å². The minimum Gasteiger partial charge on any atom is -0.367 e. The zero-order valence-corrected chi connectivity index (χ0v) is 2.97. The van der Waals surface area contributed by atoms with Gasteiger partial charge in [0.15, 0.2) is 5.34 Å². The van der Waals surface area contributed by atoms with E-state index in [1.54, 1.807) is 0 Å². The Bertz CT molecular complexity index is 21.6. The standard InChI is InChI=1S/CH3NO2.H3N/c1-4-2-3;/h1H3;1H3. The van der Waals surface area contributed by atoms with E-state index < -0.39 is 0 Å². The van der Waals surface area contributed by atoms with Crippen molar-refractivity contribution in [3.63, 3.8) is 0 Å². The van der Waals surface area contributed by atoms with Crippen molar-refractivity contribution in [3.8, 4) is 0 Å². The van der Waals surface area contributed by atoms with Gasteiger partial charge in [-0.1, -0.05) is 0 Å². The van der Waals surface area contributed by atoms with Gasteiger partial charge in [0.05, 0.1) is 0 Å². The molecule has 5 heavy (non-hydrogen) atoms. The van der Waals surface area contributed by atoms with Crippen molar-refractivity contribution in [2.45, 2.75) is 0 Å². The second-order valence-electron chi connectivity index (χ2n) is 0.257. The Morgan fingerprint density at radius 3 is 2.00 bits per heavy atom. The first-order valence-electron chi connectivity index (χ1n) is 0.773. The maximum Gasteiger partial charge on any atom is 0.154 e. The molecule has 0 saturated heterocycles. The second-order valence-corrected chi connectivity index (χ2v) is 0.257. The molecule has 0 radical (unpaired) electrons. The highest BCUT2D eigenvalue weighted by Gasteiger charge is 1.44. The zero-order chi connectivity index (χ0) is 3.41. The molecule has 0 rings (SSSR count). The predicted octanol–water partition coefficient (Wildman–Crippen LogP) is 0.476. The number of nitrogens with zero attached hydrogens (tertiary/aromatic N) is 1. The molecule has 0 heterocycles. The van der Waals surface area contributed by atoms with Crippen molar-refractivity contribution >= 4 is 0 Å². The highest BCUT2D eigenvalue weighted by Crippen LogP contribution is 1.52. The fourth-order valence-corrected chi connectivity index (χ4v) is 0. The molecule has 0 saturated carbocycles. The van der Waals surface area contributed by atoms with Crippen LogP contribution in [0.2, 0.25) is 0 Å². The summed E-state index contributed by atoms with van der Waals surface area (Å²) in [7, 11) is 1.20. The lowest BCUT2D eigenvalue weighted by Gasteiger charge is -1.63. The predicted molar refractivity (Wildman–Crippen MR) is 17.8 cm³/mol. The zero-order valence-electron chi connectivity index (χ0n) is 2.97. The summed E-state index contributed by atoms with van der Waals surface area (Å²) < 4.78 is 0. The van der Waals surface area contributed by atoms with Crippen molar-refractivity contribution in [2.24, 2.45) is 5.34 Å². The molecule has 0 fully saturated rings. The molecule has 0 aromatic carbocycles. The van der Waals surface area contributed by atoms with Gasteiger partial charge in [-0.15, -0.1) is 4.91 Å². The summed E-state index contributed by atoms with van der Waals surface area (Å²) in [6.07, 6.45) is 0. The average molecular weight is 78.1 g/mol. The van der Waals surface area contributed by atoms with Gasteiger partial charge >= 0.3 is 0 Å². The van der Waals surface area contributed by atoms with Gasteiger partial charge in [0.1, 0.15) is 7.11 Å². The van der Waals surface area contributed by atoms with E-state index in [0.717, 1.165) is 0 Å². The van der Waals surface area contributed by atoms with Gasteiger partial charge in [-0.2, -0.15) is 0 Å². The fourth-order valence-electron chi connectivity index (χ4n) is 0. The van der Waals surface area contributed by atoms with Crippen LogP contribution in [0.25, 0.3) is 0 Å². The molecule has 4 nitrogen and oxygen atoms in total. The van der Waals surface area contributed by atoms with Gasteiger partial charge in [-0.3, -0.25) is 0 Å². The van der Waals surface area contributed by atoms with Crippen LogP contribution in [0.3, 0.4) is 0 Å². The molecule has 0 aromatic heterocycles. The highest BCUT2D eigenvalue weighted by atomic mass is 16.7. The lowest BCUT2D eigenvalue weighted by molar-refractivity contribution is 0.208. The largest absolute Gasteiger partial charge is 0.367 e. The van der Waals surface area contributed by atoms with Crippen molar-refractivity contribution in [3.05, 3.63) is 4.91 Å². The van der Waals surface area contributed by atoms with Gasteiger partial charge in [-0.05, 0) is 0 Å². The summed E-state index contributed by atoms with van der Waals surface area (Å²) >= 11 is 0. The molecule has 0 unspecified atom stereocenters.